The fourth-order valence-electron chi connectivity index (χ4n) is 3.73. The van der Waals surface area contributed by atoms with Crippen LogP contribution in [0.15, 0.2) is 77.3 Å². The Morgan fingerprint density at radius 1 is 0.909 bits per heavy atom. The molecule has 0 spiro atoms. The van der Waals surface area contributed by atoms with Gasteiger partial charge in [0.15, 0.2) is 0 Å². The predicted octanol–water partition coefficient (Wildman–Crippen LogP) is 4.09. The maximum atomic E-state index is 13.0. The Hall–Kier alpha value is -4.59. The molecule has 3 amide bonds. The summed E-state index contributed by atoms with van der Waals surface area (Å²) in [5.41, 5.74) is 2.70. The molecule has 0 saturated heterocycles. The second kappa shape index (κ2) is 8.16. The van der Waals surface area contributed by atoms with Crippen molar-refractivity contribution in [1.82, 2.24) is 15.0 Å². The molecule has 8 nitrogen and oxygen atoms in total. The van der Waals surface area contributed by atoms with Crippen molar-refractivity contribution in [3.8, 4) is 11.4 Å². The molecule has 0 aliphatic carbocycles. The lowest BCUT2D eigenvalue weighted by atomic mass is 10.0. The van der Waals surface area contributed by atoms with E-state index in [2.05, 4.69) is 15.5 Å². The van der Waals surface area contributed by atoms with Crippen molar-refractivity contribution in [2.75, 3.05) is 5.32 Å². The molecule has 1 aliphatic heterocycles. The third-order valence-corrected chi connectivity index (χ3v) is 5.36. The van der Waals surface area contributed by atoms with E-state index >= 15 is 0 Å². The molecule has 0 fully saturated rings. The molecule has 8 heteroatoms. The first-order valence-electron chi connectivity index (χ1n) is 10.3. The fraction of sp³-hybridized carbons (Fsp3) is 0.0800. The molecule has 0 atom stereocenters. The molecule has 1 aromatic heterocycles. The van der Waals surface area contributed by atoms with E-state index in [1.807, 2.05) is 30.3 Å². The third kappa shape index (κ3) is 3.78. The summed E-state index contributed by atoms with van der Waals surface area (Å²) in [5.74, 6) is -0.449. The van der Waals surface area contributed by atoms with Crippen LogP contribution in [0, 0.1) is 6.92 Å². The molecule has 0 radical (unpaired) electrons. The first-order valence-corrected chi connectivity index (χ1v) is 10.3. The van der Waals surface area contributed by atoms with E-state index in [4.69, 9.17) is 4.52 Å². The topological polar surface area (TPSA) is 105 Å². The van der Waals surface area contributed by atoms with Crippen LogP contribution >= 0.6 is 0 Å². The monoisotopic (exact) mass is 438 g/mol. The molecule has 0 saturated carbocycles. The van der Waals surface area contributed by atoms with Gasteiger partial charge in [0.1, 0.15) is 0 Å². The highest BCUT2D eigenvalue weighted by atomic mass is 16.5. The number of rotatable bonds is 5. The van der Waals surface area contributed by atoms with Crippen LogP contribution in [0.2, 0.25) is 0 Å². The Morgan fingerprint density at radius 2 is 1.64 bits per heavy atom. The molecule has 0 bridgehead atoms. The van der Waals surface area contributed by atoms with Gasteiger partial charge in [-0.15, -0.1) is 0 Å². The number of carbonyl (C=O) groups excluding carboxylic acids is 3. The summed E-state index contributed by atoms with van der Waals surface area (Å²) in [6.45, 7) is 1.85. The van der Waals surface area contributed by atoms with E-state index in [9.17, 15) is 14.4 Å². The minimum Gasteiger partial charge on any atom is -0.339 e. The predicted molar refractivity (Wildman–Crippen MR) is 120 cm³/mol. The average molecular weight is 438 g/mol. The number of carbonyl (C=O) groups is 3. The van der Waals surface area contributed by atoms with Gasteiger partial charge < -0.3 is 9.84 Å². The molecule has 2 heterocycles. The number of imide groups is 1. The van der Waals surface area contributed by atoms with E-state index in [0.29, 0.717) is 23.0 Å². The van der Waals surface area contributed by atoms with Crippen LogP contribution in [0.4, 0.5) is 5.69 Å². The lowest BCUT2D eigenvalue weighted by Crippen LogP contribution is -2.29. The summed E-state index contributed by atoms with van der Waals surface area (Å²) < 4.78 is 5.04. The minimum absolute atomic E-state index is 0.173. The summed E-state index contributed by atoms with van der Waals surface area (Å²) in [5, 5.41) is 6.74. The normalized spacial score (nSPS) is 12.7. The van der Waals surface area contributed by atoms with Gasteiger partial charge in [0, 0.05) is 18.1 Å². The highest BCUT2D eigenvalue weighted by Gasteiger charge is 2.36. The van der Waals surface area contributed by atoms with Gasteiger partial charge in [-0.05, 0) is 35.9 Å². The molecular formula is C25H18N4O4. The van der Waals surface area contributed by atoms with Gasteiger partial charge in [-0.1, -0.05) is 47.6 Å². The molecule has 3 aromatic carbocycles. The lowest BCUT2D eigenvalue weighted by molar-refractivity contribution is 0.0642. The Balaban J connectivity index is 1.40. The number of hydrogen-bond donors (Lipinski definition) is 1. The van der Waals surface area contributed by atoms with Gasteiger partial charge in [-0.3, -0.25) is 19.3 Å². The second-order valence-corrected chi connectivity index (χ2v) is 7.58. The van der Waals surface area contributed by atoms with Crippen LogP contribution in [0.3, 0.4) is 0 Å². The maximum absolute atomic E-state index is 13.0. The molecular weight excluding hydrogens is 420 g/mol. The van der Waals surface area contributed by atoms with Gasteiger partial charge >= 0.3 is 0 Å². The Bertz CT molecular complexity index is 1390. The van der Waals surface area contributed by atoms with Crippen molar-refractivity contribution >= 4 is 23.4 Å². The summed E-state index contributed by atoms with van der Waals surface area (Å²) in [7, 11) is 0. The number of fused-ring (bicyclic) bond motifs is 1. The number of aromatic nitrogens is 2. The fourth-order valence-corrected chi connectivity index (χ4v) is 3.73. The number of hydrogen-bond acceptors (Lipinski definition) is 6. The first-order chi connectivity index (χ1) is 16.0. The van der Waals surface area contributed by atoms with Gasteiger partial charge in [0.2, 0.25) is 11.7 Å². The number of aryl methyl sites for hydroxylation is 1. The minimum atomic E-state index is -0.424. The summed E-state index contributed by atoms with van der Waals surface area (Å²) in [6.07, 6.45) is 0. The number of nitrogens with zero attached hydrogens (tertiary/aromatic N) is 3. The largest absolute Gasteiger partial charge is 0.339 e. The van der Waals surface area contributed by atoms with Crippen molar-refractivity contribution in [2.24, 2.45) is 0 Å². The Morgan fingerprint density at radius 3 is 2.39 bits per heavy atom. The van der Waals surface area contributed by atoms with E-state index < -0.39 is 11.8 Å². The number of amides is 3. The van der Waals surface area contributed by atoms with Crippen LogP contribution < -0.4 is 5.32 Å². The highest BCUT2D eigenvalue weighted by molar-refractivity contribution is 6.22. The zero-order chi connectivity index (χ0) is 22.9. The molecule has 0 unspecified atom stereocenters. The smallest absolute Gasteiger partial charge is 0.261 e. The number of nitrogens with one attached hydrogen (secondary N) is 1. The van der Waals surface area contributed by atoms with Crippen LogP contribution in [0.1, 0.15) is 42.5 Å². The molecule has 1 aliphatic rings. The van der Waals surface area contributed by atoms with Crippen molar-refractivity contribution in [3.63, 3.8) is 0 Å². The van der Waals surface area contributed by atoms with E-state index in [1.54, 1.807) is 31.2 Å². The zero-order valence-electron chi connectivity index (χ0n) is 17.6. The van der Waals surface area contributed by atoms with Crippen LogP contribution in [-0.2, 0) is 6.54 Å². The van der Waals surface area contributed by atoms with Gasteiger partial charge in [0.25, 0.3) is 17.7 Å². The Labute approximate surface area is 188 Å². The maximum Gasteiger partial charge on any atom is 0.261 e. The number of benzene rings is 3. The van der Waals surface area contributed by atoms with Crippen molar-refractivity contribution in [3.05, 3.63) is 101 Å². The standard InChI is InChI=1S/C25H18N4O4/c1-15-26-22(28-33-15)19-9-5-6-10-21(19)27-23(30)17-11-12-18-20(13-17)25(32)29(24(18)31)14-16-7-3-2-4-8-16/h2-13H,14H2,1H3,(H,27,30). The lowest BCUT2D eigenvalue weighted by Gasteiger charge is -2.13. The summed E-state index contributed by atoms with van der Waals surface area (Å²) in [4.78, 5) is 44.1. The molecule has 162 valence electrons. The van der Waals surface area contributed by atoms with Crippen molar-refractivity contribution in [2.45, 2.75) is 13.5 Å². The number of para-hydroxylation sites is 1. The first kappa shape index (κ1) is 20.3. The molecule has 5 rings (SSSR count). The highest BCUT2D eigenvalue weighted by Crippen LogP contribution is 2.28. The van der Waals surface area contributed by atoms with Crippen molar-refractivity contribution in [1.29, 1.82) is 0 Å². The third-order valence-electron chi connectivity index (χ3n) is 5.36. The van der Waals surface area contributed by atoms with Crippen LogP contribution in [0.5, 0.6) is 0 Å². The number of anilines is 1. The van der Waals surface area contributed by atoms with Gasteiger partial charge in [0.05, 0.1) is 23.4 Å². The van der Waals surface area contributed by atoms with Crippen LogP contribution in [0.25, 0.3) is 11.4 Å². The summed E-state index contributed by atoms with van der Waals surface area (Å²) >= 11 is 0. The van der Waals surface area contributed by atoms with Crippen molar-refractivity contribution < 1.29 is 18.9 Å². The molecule has 1 N–H and O–H groups in total. The quantitative estimate of drug-likeness (QED) is 0.471. The SMILES string of the molecule is Cc1nc(-c2ccccc2NC(=O)c2ccc3c(c2)C(=O)N(Cc2ccccc2)C3=O)no1. The van der Waals surface area contributed by atoms with E-state index in [1.165, 1.54) is 23.1 Å². The average Bonchev–Trinajstić information content (AvgIpc) is 3.37. The van der Waals surface area contributed by atoms with Crippen LogP contribution in [-0.4, -0.2) is 32.8 Å². The van der Waals surface area contributed by atoms with E-state index in [0.717, 1.165) is 5.56 Å². The van der Waals surface area contributed by atoms with Gasteiger partial charge in [-0.25, -0.2) is 0 Å². The second-order valence-electron chi connectivity index (χ2n) is 7.58. The molecule has 33 heavy (non-hydrogen) atoms. The Kier molecular flexibility index (Phi) is 5.02. The molecule has 4 aromatic rings. The summed E-state index contributed by atoms with van der Waals surface area (Å²) in [6, 6.07) is 20.9. The van der Waals surface area contributed by atoms with E-state index in [-0.39, 0.29) is 29.1 Å². The zero-order valence-corrected chi connectivity index (χ0v) is 17.6. The van der Waals surface area contributed by atoms with Gasteiger partial charge in [-0.2, -0.15) is 4.98 Å².